The van der Waals surface area contributed by atoms with Crippen molar-refractivity contribution < 1.29 is 10.2 Å². The topological polar surface area (TPSA) is 65.4 Å². The molecule has 78 valence electrons. The Bertz CT molecular complexity index is 262. The number of hydrogen-bond acceptors (Lipinski definition) is 4. The SMILES string of the molecule is CC(O)(CO)CNCc1ccccn1. The predicted molar refractivity (Wildman–Crippen MR) is 53.7 cm³/mol. The van der Waals surface area contributed by atoms with Gasteiger partial charge in [0.05, 0.1) is 17.9 Å². The molecule has 1 heterocycles. The van der Waals surface area contributed by atoms with Crippen LogP contribution in [-0.4, -0.2) is 33.9 Å². The zero-order chi connectivity index (χ0) is 10.4. The summed E-state index contributed by atoms with van der Waals surface area (Å²) in [5.74, 6) is 0. The molecule has 1 rings (SSSR count). The van der Waals surface area contributed by atoms with Crippen LogP contribution in [0.4, 0.5) is 0 Å². The lowest BCUT2D eigenvalue weighted by Gasteiger charge is -2.20. The van der Waals surface area contributed by atoms with Gasteiger partial charge >= 0.3 is 0 Å². The molecule has 0 aliphatic rings. The Balaban J connectivity index is 2.29. The third kappa shape index (κ3) is 3.83. The first-order valence-electron chi connectivity index (χ1n) is 4.58. The van der Waals surface area contributed by atoms with Crippen molar-refractivity contribution in [2.24, 2.45) is 0 Å². The van der Waals surface area contributed by atoms with Crippen molar-refractivity contribution in [1.82, 2.24) is 10.3 Å². The van der Waals surface area contributed by atoms with E-state index in [-0.39, 0.29) is 6.61 Å². The average Bonchev–Trinajstić information content (AvgIpc) is 2.19. The van der Waals surface area contributed by atoms with Crippen LogP contribution < -0.4 is 5.32 Å². The highest BCUT2D eigenvalue weighted by molar-refractivity contribution is 5.02. The van der Waals surface area contributed by atoms with Crippen LogP contribution in [0, 0.1) is 0 Å². The van der Waals surface area contributed by atoms with Gasteiger partial charge in [-0.2, -0.15) is 0 Å². The Hall–Kier alpha value is -0.970. The fraction of sp³-hybridized carbons (Fsp3) is 0.500. The first kappa shape index (κ1) is 11.1. The number of nitrogens with zero attached hydrogens (tertiary/aromatic N) is 1. The monoisotopic (exact) mass is 196 g/mol. The van der Waals surface area contributed by atoms with Crippen LogP contribution >= 0.6 is 0 Å². The van der Waals surface area contributed by atoms with Crippen LogP contribution in [0.25, 0.3) is 0 Å². The number of hydrogen-bond donors (Lipinski definition) is 3. The van der Waals surface area contributed by atoms with Crippen molar-refractivity contribution in [3.05, 3.63) is 30.1 Å². The molecule has 3 N–H and O–H groups in total. The number of rotatable bonds is 5. The molecule has 0 aliphatic heterocycles. The van der Waals surface area contributed by atoms with E-state index < -0.39 is 5.60 Å². The van der Waals surface area contributed by atoms with E-state index in [0.717, 1.165) is 5.69 Å². The Morgan fingerprint density at radius 3 is 2.86 bits per heavy atom. The van der Waals surface area contributed by atoms with Crippen molar-refractivity contribution in [1.29, 1.82) is 0 Å². The second-order valence-corrected chi connectivity index (χ2v) is 3.58. The van der Waals surface area contributed by atoms with E-state index in [1.807, 2.05) is 18.2 Å². The van der Waals surface area contributed by atoms with E-state index in [2.05, 4.69) is 10.3 Å². The molecule has 4 heteroatoms. The average molecular weight is 196 g/mol. The van der Waals surface area contributed by atoms with Gasteiger partial charge in [-0.15, -0.1) is 0 Å². The molecular formula is C10H16N2O2. The second-order valence-electron chi connectivity index (χ2n) is 3.58. The summed E-state index contributed by atoms with van der Waals surface area (Å²) in [4.78, 5) is 4.12. The predicted octanol–water partition coefficient (Wildman–Crippen LogP) is -0.0855. The van der Waals surface area contributed by atoms with Gasteiger partial charge in [0.1, 0.15) is 0 Å². The third-order valence-corrected chi connectivity index (χ3v) is 1.88. The van der Waals surface area contributed by atoms with Gasteiger partial charge in [-0.3, -0.25) is 4.98 Å². The van der Waals surface area contributed by atoms with Gasteiger partial charge in [-0.05, 0) is 19.1 Å². The van der Waals surface area contributed by atoms with Crippen LogP contribution in [0.15, 0.2) is 24.4 Å². The van der Waals surface area contributed by atoms with Crippen molar-refractivity contribution in [2.45, 2.75) is 19.1 Å². The van der Waals surface area contributed by atoms with E-state index >= 15 is 0 Å². The van der Waals surface area contributed by atoms with Crippen molar-refractivity contribution in [3.8, 4) is 0 Å². The molecule has 1 aromatic rings. The highest BCUT2D eigenvalue weighted by atomic mass is 16.3. The normalized spacial score (nSPS) is 15.1. The van der Waals surface area contributed by atoms with Gasteiger partial charge < -0.3 is 15.5 Å². The lowest BCUT2D eigenvalue weighted by Crippen LogP contribution is -2.40. The maximum absolute atomic E-state index is 9.47. The molecule has 0 radical (unpaired) electrons. The first-order valence-corrected chi connectivity index (χ1v) is 4.58. The molecular weight excluding hydrogens is 180 g/mol. The maximum Gasteiger partial charge on any atom is 0.0972 e. The Morgan fingerprint density at radius 1 is 1.50 bits per heavy atom. The molecule has 1 aromatic heterocycles. The Kier molecular flexibility index (Phi) is 4.00. The molecule has 0 saturated heterocycles. The van der Waals surface area contributed by atoms with Crippen molar-refractivity contribution in [2.75, 3.05) is 13.2 Å². The first-order chi connectivity index (χ1) is 6.64. The summed E-state index contributed by atoms with van der Waals surface area (Å²) in [5.41, 5.74) is -0.143. The minimum Gasteiger partial charge on any atom is -0.393 e. The van der Waals surface area contributed by atoms with E-state index in [0.29, 0.717) is 13.1 Å². The molecule has 14 heavy (non-hydrogen) atoms. The molecule has 1 unspecified atom stereocenters. The van der Waals surface area contributed by atoms with Crippen LogP contribution in [0.5, 0.6) is 0 Å². The fourth-order valence-corrected chi connectivity index (χ4v) is 1.02. The maximum atomic E-state index is 9.47. The zero-order valence-electron chi connectivity index (χ0n) is 8.27. The van der Waals surface area contributed by atoms with Gasteiger partial charge in [-0.1, -0.05) is 6.07 Å². The highest BCUT2D eigenvalue weighted by Crippen LogP contribution is 1.99. The summed E-state index contributed by atoms with van der Waals surface area (Å²) < 4.78 is 0. The molecule has 1 atom stereocenters. The minimum atomic E-state index is -1.06. The fourth-order valence-electron chi connectivity index (χ4n) is 1.02. The molecule has 0 saturated carbocycles. The minimum absolute atomic E-state index is 0.248. The number of pyridine rings is 1. The summed E-state index contributed by atoms with van der Waals surface area (Å²) in [6.45, 7) is 2.28. The van der Waals surface area contributed by atoms with Crippen LogP contribution in [0.3, 0.4) is 0 Å². The van der Waals surface area contributed by atoms with Crippen LogP contribution in [0.1, 0.15) is 12.6 Å². The largest absolute Gasteiger partial charge is 0.393 e. The summed E-state index contributed by atoms with van der Waals surface area (Å²) in [6.07, 6.45) is 1.72. The summed E-state index contributed by atoms with van der Waals surface area (Å²) in [5, 5.41) is 21.3. The lowest BCUT2D eigenvalue weighted by molar-refractivity contribution is 0.00249. The highest BCUT2D eigenvalue weighted by Gasteiger charge is 2.17. The number of aliphatic hydroxyl groups is 2. The molecule has 0 spiro atoms. The van der Waals surface area contributed by atoms with Gasteiger partial charge in [0.2, 0.25) is 0 Å². The Labute approximate surface area is 83.6 Å². The van der Waals surface area contributed by atoms with E-state index in [1.54, 1.807) is 13.1 Å². The van der Waals surface area contributed by atoms with Gasteiger partial charge in [0.25, 0.3) is 0 Å². The standard InChI is InChI=1S/C10H16N2O2/c1-10(14,8-13)7-11-6-9-4-2-3-5-12-9/h2-5,11,13-14H,6-8H2,1H3. The van der Waals surface area contributed by atoms with Crippen molar-refractivity contribution >= 4 is 0 Å². The van der Waals surface area contributed by atoms with E-state index in [4.69, 9.17) is 5.11 Å². The van der Waals surface area contributed by atoms with Crippen molar-refractivity contribution in [3.63, 3.8) is 0 Å². The number of aliphatic hydroxyl groups excluding tert-OH is 1. The number of nitrogens with one attached hydrogen (secondary N) is 1. The smallest absolute Gasteiger partial charge is 0.0972 e. The van der Waals surface area contributed by atoms with E-state index in [9.17, 15) is 5.11 Å². The zero-order valence-corrected chi connectivity index (χ0v) is 8.27. The summed E-state index contributed by atoms with van der Waals surface area (Å²) >= 11 is 0. The van der Waals surface area contributed by atoms with Gasteiger partial charge in [0, 0.05) is 19.3 Å². The number of aromatic nitrogens is 1. The summed E-state index contributed by atoms with van der Waals surface area (Å²) in [6, 6.07) is 5.67. The molecule has 0 fully saturated rings. The molecule has 4 nitrogen and oxygen atoms in total. The van der Waals surface area contributed by atoms with Gasteiger partial charge in [0.15, 0.2) is 0 Å². The quantitative estimate of drug-likeness (QED) is 0.616. The second kappa shape index (κ2) is 5.05. The van der Waals surface area contributed by atoms with Crippen LogP contribution in [-0.2, 0) is 6.54 Å². The molecule has 0 amide bonds. The molecule has 0 aliphatic carbocycles. The Morgan fingerprint density at radius 2 is 2.29 bits per heavy atom. The summed E-state index contributed by atoms with van der Waals surface area (Å²) in [7, 11) is 0. The van der Waals surface area contributed by atoms with Crippen LogP contribution in [0.2, 0.25) is 0 Å². The molecule has 0 bridgehead atoms. The lowest BCUT2D eigenvalue weighted by atomic mass is 10.1. The van der Waals surface area contributed by atoms with Gasteiger partial charge in [-0.25, -0.2) is 0 Å². The molecule has 0 aromatic carbocycles. The van der Waals surface area contributed by atoms with E-state index in [1.165, 1.54) is 0 Å². The third-order valence-electron chi connectivity index (χ3n) is 1.88.